The Morgan fingerprint density at radius 2 is 1.93 bits per heavy atom. The second-order valence-electron chi connectivity index (χ2n) is 4.46. The van der Waals surface area contributed by atoms with Crippen molar-refractivity contribution in [1.82, 2.24) is 4.90 Å². The summed E-state index contributed by atoms with van der Waals surface area (Å²) in [6.45, 7) is 2.00. The van der Waals surface area contributed by atoms with Gasteiger partial charge < -0.3 is 0 Å². The molecule has 15 heavy (non-hydrogen) atoms. The Kier molecular flexibility index (Phi) is 2.47. The molecule has 2 fully saturated rings. The van der Waals surface area contributed by atoms with Gasteiger partial charge in [0.25, 0.3) is 0 Å². The van der Waals surface area contributed by atoms with Crippen LogP contribution in [0.15, 0.2) is 0 Å². The second-order valence-corrected chi connectivity index (χ2v) is 4.46. The third-order valence-electron chi connectivity index (χ3n) is 3.36. The summed E-state index contributed by atoms with van der Waals surface area (Å²) in [6, 6.07) is 2.05. The van der Waals surface area contributed by atoms with Crippen LogP contribution in [0, 0.1) is 29.1 Å². The zero-order valence-corrected chi connectivity index (χ0v) is 8.77. The summed E-state index contributed by atoms with van der Waals surface area (Å²) >= 11 is 0. The summed E-state index contributed by atoms with van der Waals surface area (Å²) in [7, 11) is 0. The Hall–Kier alpha value is -1.37. The minimum atomic E-state index is -0.267. The third kappa shape index (κ3) is 1.52. The molecule has 2 rings (SSSR count). The molecule has 1 saturated heterocycles. The van der Waals surface area contributed by atoms with E-state index in [0.29, 0.717) is 0 Å². The van der Waals surface area contributed by atoms with Gasteiger partial charge in [0.2, 0.25) is 11.8 Å². The van der Waals surface area contributed by atoms with Crippen molar-refractivity contribution in [3.05, 3.63) is 0 Å². The normalized spacial score (nSPS) is 31.6. The number of nitrogens with zero attached hydrogens (tertiary/aromatic N) is 2. The Balaban J connectivity index is 2.12. The van der Waals surface area contributed by atoms with E-state index in [1.54, 1.807) is 6.92 Å². The lowest BCUT2D eigenvalue weighted by Gasteiger charge is -2.16. The van der Waals surface area contributed by atoms with Crippen molar-refractivity contribution >= 4 is 11.8 Å². The molecular weight excluding hydrogens is 192 g/mol. The molecule has 0 bridgehead atoms. The quantitative estimate of drug-likeness (QED) is 0.631. The Morgan fingerprint density at radius 1 is 1.40 bits per heavy atom. The van der Waals surface area contributed by atoms with Gasteiger partial charge >= 0.3 is 0 Å². The van der Waals surface area contributed by atoms with Crippen molar-refractivity contribution in [3.8, 4) is 6.07 Å². The largest absolute Gasteiger partial charge is 0.281 e. The van der Waals surface area contributed by atoms with E-state index >= 15 is 0 Å². The summed E-state index contributed by atoms with van der Waals surface area (Å²) in [5.74, 6) is -0.530. The Morgan fingerprint density at radius 3 is 2.40 bits per heavy atom. The highest BCUT2D eigenvalue weighted by Crippen LogP contribution is 2.39. The molecule has 80 valence electrons. The van der Waals surface area contributed by atoms with E-state index in [2.05, 4.69) is 6.07 Å². The Bertz CT molecular complexity index is 323. The average Bonchev–Trinajstić information content (AvgIpc) is 2.78. The molecule has 1 aliphatic carbocycles. The van der Waals surface area contributed by atoms with Gasteiger partial charge in [0.05, 0.1) is 23.8 Å². The molecule has 4 heteroatoms. The zero-order chi connectivity index (χ0) is 11.0. The van der Waals surface area contributed by atoms with E-state index in [1.165, 1.54) is 4.90 Å². The number of carbonyl (C=O) groups excluding carboxylic acids is 2. The number of fused-ring (bicyclic) bond motifs is 1. The van der Waals surface area contributed by atoms with Crippen LogP contribution in [-0.4, -0.2) is 23.3 Å². The van der Waals surface area contributed by atoms with E-state index in [9.17, 15) is 9.59 Å². The molecule has 4 nitrogen and oxygen atoms in total. The molecule has 2 amide bonds. The van der Waals surface area contributed by atoms with Crippen molar-refractivity contribution in [1.29, 1.82) is 5.26 Å². The maximum Gasteiger partial charge on any atom is 0.233 e. The summed E-state index contributed by atoms with van der Waals surface area (Å²) in [5, 5.41) is 8.67. The summed E-state index contributed by atoms with van der Waals surface area (Å²) in [4.78, 5) is 25.0. The van der Waals surface area contributed by atoms with Crippen molar-refractivity contribution in [2.75, 3.05) is 6.54 Å². The third-order valence-corrected chi connectivity index (χ3v) is 3.36. The first-order chi connectivity index (χ1) is 7.15. The van der Waals surface area contributed by atoms with Crippen LogP contribution in [0.1, 0.15) is 26.2 Å². The number of hydrogen-bond acceptors (Lipinski definition) is 3. The molecule has 3 atom stereocenters. The van der Waals surface area contributed by atoms with Gasteiger partial charge in [0.15, 0.2) is 0 Å². The lowest BCUT2D eigenvalue weighted by Crippen LogP contribution is -2.35. The lowest BCUT2D eigenvalue weighted by molar-refractivity contribution is -0.140. The first-order valence-corrected chi connectivity index (χ1v) is 5.40. The van der Waals surface area contributed by atoms with Crippen molar-refractivity contribution < 1.29 is 9.59 Å². The number of likely N-dealkylation sites (tertiary alicyclic amines) is 1. The zero-order valence-electron chi connectivity index (χ0n) is 8.77. The second kappa shape index (κ2) is 3.65. The molecule has 1 heterocycles. The Labute approximate surface area is 88.9 Å². The van der Waals surface area contributed by atoms with Crippen LogP contribution in [0.4, 0.5) is 0 Å². The van der Waals surface area contributed by atoms with Gasteiger partial charge in [-0.1, -0.05) is 6.42 Å². The molecule has 0 N–H and O–H groups in total. The van der Waals surface area contributed by atoms with E-state index in [-0.39, 0.29) is 36.1 Å². The van der Waals surface area contributed by atoms with Gasteiger partial charge in [0, 0.05) is 6.54 Å². The molecule has 0 radical (unpaired) electrons. The predicted molar refractivity (Wildman–Crippen MR) is 52.3 cm³/mol. The molecule has 0 aromatic heterocycles. The van der Waals surface area contributed by atoms with Crippen LogP contribution in [0.25, 0.3) is 0 Å². The van der Waals surface area contributed by atoms with E-state index in [0.717, 1.165) is 19.3 Å². The summed E-state index contributed by atoms with van der Waals surface area (Å²) in [5.41, 5.74) is 0. The van der Waals surface area contributed by atoms with E-state index in [4.69, 9.17) is 5.26 Å². The summed E-state index contributed by atoms with van der Waals surface area (Å²) in [6.07, 6.45) is 2.66. The maximum atomic E-state index is 11.8. The first kappa shape index (κ1) is 10.2. The van der Waals surface area contributed by atoms with Gasteiger partial charge in [-0.05, 0) is 19.8 Å². The highest BCUT2D eigenvalue weighted by molar-refractivity contribution is 6.05. The smallest absolute Gasteiger partial charge is 0.233 e. The van der Waals surface area contributed by atoms with Crippen LogP contribution in [0.5, 0.6) is 0 Å². The number of carbonyl (C=O) groups is 2. The fourth-order valence-corrected chi connectivity index (χ4v) is 2.55. The van der Waals surface area contributed by atoms with Crippen LogP contribution < -0.4 is 0 Å². The van der Waals surface area contributed by atoms with Crippen molar-refractivity contribution in [2.24, 2.45) is 17.8 Å². The van der Waals surface area contributed by atoms with Gasteiger partial charge in [-0.15, -0.1) is 0 Å². The minimum Gasteiger partial charge on any atom is -0.281 e. The highest BCUT2D eigenvalue weighted by Gasteiger charge is 2.49. The monoisotopic (exact) mass is 206 g/mol. The van der Waals surface area contributed by atoms with E-state index < -0.39 is 0 Å². The van der Waals surface area contributed by atoms with Crippen molar-refractivity contribution in [3.63, 3.8) is 0 Å². The fraction of sp³-hybridized carbons (Fsp3) is 0.727. The number of nitriles is 1. The number of imide groups is 1. The van der Waals surface area contributed by atoms with Crippen molar-refractivity contribution in [2.45, 2.75) is 26.2 Å². The minimum absolute atomic E-state index is 0.0513. The van der Waals surface area contributed by atoms with Crippen LogP contribution in [0.3, 0.4) is 0 Å². The molecule has 0 spiro atoms. The number of rotatable bonds is 2. The predicted octanol–water partition coefficient (Wildman–Crippen LogP) is 0.931. The fourth-order valence-electron chi connectivity index (χ4n) is 2.55. The molecule has 0 aromatic rings. The van der Waals surface area contributed by atoms with E-state index in [1.807, 2.05) is 0 Å². The van der Waals surface area contributed by atoms with Crippen LogP contribution >= 0.6 is 0 Å². The maximum absolute atomic E-state index is 11.8. The molecule has 3 unspecified atom stereocenters. The van der Waals surface area contributed by atoms with Gasteiger partial charge in [-0.25, -0.2) is 0 Å². The van der Waals surface area contributed by atoms with Gasteiger partial charge in [-0.2, -0.15) is 5.26 Å². The lowest BCUT2D eigenvalue weighted by atomic mass is 10.00. The molecule has 0 aromatic carbocycles. The topological polar surface area (TPSA) is 61.2 Å². The standard InChI is InChI=1S/C11H14N2O2/c1-7(5-12)6-13-10(14)8-3-2-4-9(8)11(13)15/h7-9H,2-4,6H2,1H3. The van der Waals surface area contributed by atoms with Gasteiger partial charge in [0.1, 0.15) is 0 Å². The highest BCUT2D eigenvalue weighted by atomic mass is 16.2. The first-order valence-electron chi connectivity index (χ1n) is 5.40. The SMILES string of the molecule is CC(C#N)CN1C(=O)C2CCCC2C1=O. The molecule has 1 aliphatic heterocycles. The average molecular weight is 206 g/mol. The van der Waals surface area contributed by atoms with Crippen LogP contribution in [0.2, 0.25) is 0 Å². The number of amides is 2. The molecular formula is C11H14N2O2. The van der Waals surface area contributed by atoms with Crippen LogP contribution in [-0.2, 0) is 9.59 Å². The van der Waals surface area contributed by atoms with Gasteiger partial charge in [-0.3, -0.25) is 14.5 Å². The molecule has 2 aliphatic rings. The number of hydrogen-bond donors (Lipinski definition) is 0. The molecule has 1 saturated carbocycles. The summed E-state index contributed by atoms with van der Waals surface area (Å²) < 4.78 is 0.